The third-order valence-corrected chi connectivity index (χ3v) is 3.68. The van der Waals surface area contributed by atoms with Crippen molar-refractivity contribution in [3.8, 4) is 0 Å². The zero-order valence-corrected chi connectivity index (χ0v) is 11.5. The smallest absolute Gasteiger partial charge is 0.308 e. The van der Waals surface area contributed by atoms with Crippen molar-refractivity contribution in [3.05, 3.63) is 0 Å². The van der Waals surface area contributed by atoms with E-state index in [2.05, 4.69) is 5.32 Å². The van der Waals surface area contributed by atoms with Gasteiger partial charge in [0.05, 0.1) is 11.5 Å². The van der Waals surface area contributed by atoms with E-state index in [1.165, 1.54) is 0 Å². The molecule has 0 bridgehead atoms. The Morgan fingerprint density at radius 1 is 1.44 bits per heavy atom. The van der Waals surface area contributed by atoms with Crippen molar-refractivity contribution in [2.45, 2.75) is 45.6 Å². The van der Waals surface area contributed by atoms with Gasteiger partial charge in [-0.15, -0.1) is 0 Å². The number of carbonyl (C=O) groups excluding carboxylic acids is 1. The molecule has 2 N–H and O–H groups in total. The fraction of sp³-hybridized carbons (Fsp3) is 0.846. The van der Waals surface area contributed by atoms with Crippen LogP contribution in [0, 0.1) is 5.92 Å². The van der Waals surface area contributed by atoms with E-state index in [1.807, 2.05) is 13.8 Å². The fourth-order valence-electron chi connectivity index (χ4n) is 2.35. The summed E-state index contributed by atoms with van der Waals surface area (Å²) in [6.45, 7) is 7.13. The van der Waals surface area contributed by atoms with Crippen LogP contribution in [0.4, 0.5) is 0 Å². The van der Waals surface area contributed by atoms with E-state index in [1.54, 1.807) is 11.8 Å². The van der Waals surface area contributed by atoms with Crippen LogP contribution in [-0.4, -0.2) is 47.1 Å². The zero-order chi connectivity index (χ0) is 13.8. The molecule has 18 heavy (non-hydrogen) atoms. The Bertz CT molecular complexity index is 311. The van der Waals surface area contributed by atoms with Crippen molar-refractivity contribution < 1.29 is 14.7 Å². The third kappa shape index (κ3) is 3.45. The largest absolute Gasteiger partial charge is 0.481 e. The lowest BCUT2D eigenvalue weighted by atomic mass is 9.89. The van der Waals surface area contributed by atoms with E-state index in [9.17, 15) is 9.59 Å². The number of nitrogens with one attached hydrogen (secondary N) is 1. The molecular formula is C13H24N2O3. The van der Waals surface area contributed by atoms with Gasteiger partial charge in [0.15, 0.2) is 0 Å². The molecule has 0 radical (unpaired) electrons. The minimum Gasteiger partial charge on any atom is -0.481 e. The van der Waals surface area contributed by atoms with Crippen molar-refractivity contribution >= 4 is 11.9 Å². The van der Waals surface area contributed by atoms with Crippen LogP contribution in [0.15, 0.2) is 0 Å². The van der Waals surface area contributed by atoms with E-state index in [4.69, 9.17) is 5.11 Å². The molecule has 1 fully saturated rings. The van der Waals surface area contributed by atoms with Gasteiger partial charge in [-0.1, -0.05) is 6.92 Å². The standard InChI is InChI=1S/C13H24N2O3/c1-4-15(9-10(2)11(16)17)12(18)13(3)7-5-6-8-14-13/h10,14H,4-9H2,1-3H3,(H,16,17). The topological polar surface area (TPSA) is 69.6 Å². The van der Waals surface area contributed by atoms with Gasteiger partial charge < -0.3 is 15.3 Å². The van der Waals surface area contributed by atoms with Crippen molar-refractivity contribution in [3.63, 3.8) is 0 Å². The van der Waals surface area contributed by atoms with E-state index >= 15 is 0 Å². The van der Waals surface area contributed by atoms with Crippen LogP contribution >= 0.6 is 0 Å². The van der Waals surface area contributed by atoms with Crippen LogP contribution in [0.2, 0.25) is 0 Å². The van der Waals surface area contributed by atoms with Crippen LogP contribution in [-0.2, 0) is 9.59 Å². The third-order valence-electron chi connectivity index (χ3n) is 3.68. The van der Waals surface area contributed by atoms with Gasteiger partial charge in [-0.05, 0) is 39.7 Å². The Kier molecular flexibility index (Phi) is 5.14. The predicted octanol–water partition coefficient (Wildman–Crippen LogP) is 1.09. The van der Waals surface area contributed by atoms with Crippen LogP contribution in [0.1, 0.15) is 40.0 Å². The number of carboxylic acid groups (broad SMARTS) is 1. The Morgan fingerprint density at radius 2 is 2.11 bits per heavy atom. The van der Waals surface area contributed by atoms with Crippen molar-refractivity contribution in [2.75, 3.05) is 19.6 Å². The summed E-state index contributed by atoms with van der Waals surface area (Å²) in [5, 5.41) is 12.2. The first-order valence-electron chi connectivity index (χ1n) is 6.68. The second-order valence-electron chi connectivity index (χ2n) is 5.30. The van der Waals surface area contributed by atoms with E-state index < -0.39 is 17.4 Å². The van der Waals surface area contributed by atoms with Crippen molar-refractivity contribution in [2.24, 2.45) is 5.92 Å². The molecule has 5 nitrogen and oxygen atoms in total. The Hall–Kier alpha value is -1.10. The second-order valence-corrected chi connectivity index (χ2v) is 5.30. The van der Waals surface area contributed by atoms with Gasteiger partial charge in [0.25, 0.3) is 0 Å². The van der Waals surface area contributed by atoms with Crippen LogP contribution in [0.25, 0.3) is 0 Å². The maximum atomic E-state index is 12.5. The van der Waals surface area contributed by atoms with Gasteiger partial charge in [0.2, 0.25) is 5.91 Å². The molecule has 1 heterocycles. The molecule has 1 rings (SSSR count). The van der Waals surface area contributed by atoms with E-state index in [0.717, 1.165) is 25.8 Å². The molecule has 1 aliphatic rings. The number of amides is 1. The number of aliphatic carboxylic acids is 1. The monoisotopic (exact) mass is 256 g/mol. The molecule has 1 saturated heterocycles. The van der Waals surface area contributed by atoms with Crippen LogP contribution < -0.4 is 5.32 Å². The molecule has 0 aromatic rings. The maximum absolute atomic E-state index is 12.5. The molecule has 1 amide bonds. The van der Waals surface area contributed by atoms with Crippen LogP contribution in [0.3, 0.4) is 0 Å². The molecule has 0 saturated carbocycles. The van der Waals surface area contributed by atoms with Gasteiger partial charge in [-0.2, -0.15) is 0 Å². The summed E-state index contributed by atoms with van der Waals surface area (Å²) >= 11 is 0. The maximum Gasteiger partial charge on any atom is 0.308 e. The first-order valence-corrected chi connectivity index (χ1v) is 6.68. The van der Waals surface area contributed by atoms with Crippen molar-refractivity contribution in [1.29, 1.82) is 0 Å². The van der Waals surface area contributed by atoms with E-state index in [0.29, 0.717) is 6.54 Å². The van der Waals surface area contributed by atoms with Crippen molar-refractivity contribution in [1.82, 2.24) is 10.2 Å². The molecule has 0 aromatic carbocycles. The lowest BCUT2D eigenvalue weighted by Gasteiger charge is -2.38. The van der Waals surface area contributed by atoms with Gasteiger partial charge >= 0.3 is 5.97 Å². The number of rotatable bonds is 5. The zero-order valence-electron chi connectivity index (χ0n) is 11.5. The minimum absolute atomic E-state index is 0.0257. The highest BCUT2D eigenvalue weighted by Gasteiger charge is 2.37. The summed E-state index contributed by atoms with van der Waals surface area (Å²) in [4.78, 5) is 25.0. The number of likely N-dealkylation sites (N-methyl/N-ethyl adjacent to an activating group) is 1. The summed E-state index contributed by atoms with van der Waals surface area (Å²) in [5.41, 5.74) is -0.521. The number of carbonyl (C=O) groups is 2. The summed E-state index contributed by atoms with van der Waals surface area (Å²) in [6, 6.07) is 0. The SMILES string of the molecule is CCN(CC(C)C(=O)O)C(=O)C1(C)CCCCN1. The number of piperidine rings is 1. The first-order chi connectivity index (χ1) is 8.40. The van der Waals surface area contributed by atoms with Gasteiger partial charge in [0.1, 0.15) is 0 Å². The molecule has 2 unspecified atom stereocenters. The van der Waals surface area contributed by atoms with E-state index in [-0.39, 0.29) is 12.5 Å². The normalized spacial score (nSPS) is 25.5. The molecule has 1 aliphatic heterocycles. The fourth-order valence-corrected chi connectivity index (χ4v) is 2.35. The quantitative estimate of drug-likeness (QED) is 0.772. The predicted molar refractivity (Wildman–Crippen MR) is 69.3 cm³/mol. The Morgan fingerprint density at radius 3 is 2.56 bits per heavy atom. The molecule has 5 heteroatoms. The number of hydrogen-bond donors (Lipinski definition) is 2. The molecule has 0 aromatic heterocycles. The first kappa shape index (κ1) is 15.0. The highest BCUT2D eigenvalue weighted by Crippen LogP contribution is 2.21. The average molecular weight is 256 g/mol. The summed E-state index contributed by atoms with van der Waals surface area (Å²) in [5.74, 6) is -1.36. The number of carboxylic acids is 1. The molecule has 0 aliphatic carbocycles. The highest BCUT2D eigenvalue weighted by molar-refractivity contribution is 5.86. The molecule has 104 valence electrons. The molecular weight excluding hydrogens is 232 g/mol. The minimum atomic E-state index is -0.858. The van der Waals surface area contributed by atoms with Gasteiger partial charge in [-0.3, -0.25) is 9.59 Å². The molecule has 2 atom stereocenters. The summed E-state index contributed by atoms with van der Waals surface area (Å²) in [6.07, 6.45) is 2.96. The average Bonchev–Trinajstić information content (AvgIpc) is 2.35. The van der Waals surface area contributed by atoms with Gasteiger partial charge in [0, 0.05) is 13.1 Å². The van der Waals surface area contributed by atoms with Crippen LogP contribution in [0.5, 0.6) is 0 Å². The Balaban J connectivity index is 2.69. The summed E-state index contributed by atoms with van der Waals surface area (Å²) < 4.78 is 0. The summed E-state index contributed by atoms with van der Waals surface area (Å²) in [7, 11) is 0. The number of nitrogens with zero attached hydrogens (tertiary/aromatic N) is 1. The second kappa shape index (κ2) is 6.18. The lowest BCUT2D eigenvalue weighted by molar-refractivity contribution is -0.145. The van der Waals surface area contributed by atoms with Gasteiger partial charge in [-0.25, -0.2) is 0 Å². The Labute approximate surface area is 109 Å². The lowest BCUT2D eigenvalue weighted by Crippen LogP contribution is -2.58. The highest BCUT2D eigenvalue weighted by atomic mass is 16.4. The number of hydrogen-bond acceptors (Lipinski definition) is 3. The molecule has 0 spiro atoms.